The highest BCUT2D eigenvalue weighted by molar-refractivity contribution is 6.04. The molecular formula is C23H31ClN2O. The lowest BCUT2D eigenvalue weighted by Crippen LogP contribution is -2.47. The fraction of sp³-hybridized carbons (Fsp3) is 0.391. The summed E-state index contributed by atoms with van der Waals surface area (Å²) in [5.74, 6) is 0.0930. The number of amides is 1. The molecule has 2 aromatic rings. The minimum atomic E-state index is -0.437. The highest BCUT2D eigenvalue weighted by Gasteiger charge is 2.43. The first kappa shape index (κ1) is 23.1. The minimum absolute atomic E-state index is 0. The summed E-state index contributed by atoms with van der Waals surface area (Å²) < 4.78 is 0. The minimum Gasteiger partial charge on any atom is -0.309 e. The van der Waals surface area contributed by atoms with Crippen molar-refractivity contribution in [2.45, 2.75) is 32.6 Å². The summed E-state index contributed by atoms with van der Waals surface area (Å²) in [6.45, 7) is 6.77. The van der Waals surface area contributed by atoms with Crippen molar-refractivity contribution < 1.29 is 4.79 Å². The Morgan fingerprint density at radius 1 is 1.00 bits per heavy atom. The fourth-order valence-corrected chi connectivity index (χ4v) is 4.08. The quantitative estimate of drug-likeness (QED) is 0.628. The van der Waals surface area contributed by atoms with Gasteiger partial charge in [0.1, 0.15) is 0 Å². The van der Waals surface area contributed by atoms with Gasteiger partial charge in [-0.05, 0) is 37.6 Å². The molecule has 3 nitrogen and oxygen atoms in total. The molecule has 0 heterocycles. The van der Waals surface area contributed by atoms with Gasteiger partial charge in [0.2, 0.25) is 5.91 Å². The molecule has 0 aliphatic heterocycles. The highest BCUT2D eigenvalue weighted by Crippen LogP contribution is 2.42. The van der Waals surface area contributed by atoms with E-state index in [0.717, 1.165) is 18.7 Å². The second kappa shape index (κ2) is 10.4. The van der Waals surface area contributed by atoms with Crippen LogP contribution in [0, 0.1) is 5.92 Å². The Kier molecular flexibility index (Phi) is 8.87. The molecule has 1 atom stereocenters. The number of halogens is 1. The van der Waals surface area contributed by atoms with Gasteiger partial charge in [-0.1, -0.05) is 74.5 Å². The monoisotopic (exact) mass is 386 g/mol. The van der Waals surface area contributed by atoms with E-state index in [2.05, 4.69) is 86.4 Å². The van der Waals surface area contributed by atoms with Crippen molar-refractivity contribution in [1.82, 2.24) is 4.90 Å². The third-order valence-corrected chi connectivity index (χ3v) is 4.92. The van der Waals surface area contributed by atoms with Crippen LogP contribution in [0.25, 0.3) is 0 Å². The highest BCUT2D eigenvalue weighted by atomic mass is 35.5. The largest absolute Gasteiger partial charge is 0.309 e. The van der Waals surface area contributed by atoms with E-state index in [-0.39, 0.29) is 24.2 Å². The van der Waals surface area contributed by atoms with Crippen molar-refractivity contribution in [2.75, 3.05) is 20.6 Å². The van der Waals surface area contributed by atoms with E-state index in [9.17, 15) is 4.79 Å². The first-order valence-corrected chi connectivity index (χ1v) is 9.27. The molecule has 0 aromatic heterocycles. The molecule has 0 aliphatic carbocycles. The molecule has 4 heteroatoms. The second-order valence-electron chi connectivity index (χ2n) is 7.13. The molecule has 0 saturated heterocycles. The number of nitrogens with zero attached hydrogens (tertiary/aromatic N) is 2. The van der Waals surface area contributed by atoms with E-state index in [1.54, 1.807) is 0 Å². The average Bonchev–Trinajstić information content (AvgIpc) is 2.62. The predicted molar refractivity (Wildman–Crippen MR) is 117 cm³/mol. The van der Waals surface area contributed by atoms with Gasteiger partial charge >= 0.3 is 0 Å². The summed E-state index contributed by atoms with van der Waals surface area (Å²) in [7, 11) is 4.18. The zero-order chi connectivity index (χ0) is 19.2. The standard InChI is InChI=1S/C23H30N2O.ClH/c1-6-22(24-19(3)26)23(18(2)17-25(4)5,20-13-9-7-10-14-20)21-15-11-8-12-16-21;/h7-16,18H,6,17H2,1-5H3;1H. The van der Waals surface area contributed by atoms with Crippen LogP contribution in [0.15, 0.2) is 65.7 Å². The molecule has 0 saturated carbocycles. The maximum absolute atomic E-state index is 12.0. The molecular weight excluding hydrogens is 356 g/mol. The summed E-state index contributed by atoms with van der Waals surface area (Å²) in [6.07, 6.45) is 0.723. The molecule has 1 amide bonds. The van der Waals surface area contributed by atoms with E-state index in [0.29, 0.717) is 0 Å². The Labute approximate surface area is 169 Å². The van der Waals surface area contributed by atoms with Crippen LogP contribution in [-0.2, 0) is 10.2 Å². The van der Waals surface area contributed by atoms with Crippen LogP contribution in [-0.4, -0.2) is 37.2 Å². The van der Waals surface area contributed by atoms with Gasteiger partial charge in [0.25, 0.3) is 0 Å². The molecule has 146 valence electrons. The van der Waals surface area contributed by atoms with Crippen LogP contribution in [0.1, 0.15) is 38.3 Å². The number of carbonyl (C=O) groups is 1. The SMILES string of the molecule is CCC(=NC(C)=O)C(c1ccccc1)(c1ccccc1)C(C)CN(C)C.Cl. The third kappa shape index (κ3) is 5.06. The van der Waals surface area contributed by atoms with Crippen molar-refractivity contribution in [1.29, 1.82) is 0 Å². The number of benzene rings is 2. The van der Waals surface area contributed by atoms with Gasteiger partial charge in [-0.25, -0.2) is 4.99 Å². The first-order valence-electron chi connectivity index (χ1n) is 9.27. The first-order chi connectivity index (χ1) is 12.4. The second-order valence-corrected chi connectivity index (χ2v) is 7.13. The lowest BCUT2D eigenvalue weighted by Gasteiger charge is -2.42. The zero-order valence-electron chi connectivity index (χ0n) is 17.0. The number of hydrogen-bond donors (Lipinski definition) is 0. The maximum Gasteiger partial charge on any atom is 0.242 e. The van der Waals surface area contributed by atoms with Crippen LogP contribution in [0.2, 0.25) is 0 Å². The van der Waals surface area contributed by atoms with E-state index >= 15 is 0 Å². The molecule has 0 spiro atoms. The lowest BCUT2D eigenvalue weighted by atomic mass is 9.62. The number of hydrogen-bond acceptors (Lipinski definition) is 2. The molecule has 27 heavy (non-hydrogen) atoms. The molecule has 0 bridgehead atoms. The maximum atomic E-state index is 12.0. The third-order valence-electron chi connectivity index (χ3n) is 4.92. The summed E-state index contributed by atoms with van der Waals surface area (Å²) in [5.41, 5.74) is 2.86. The van der Waals surface area contributed by atoms with E-state index in [1.165, 1.54) is 18.1 Å². The van der Waals surface area contributed by atoms with Crippen molar-refractivity contribution in [3.63, 3.8) is 0 Å². The summed E-state index contributed by atoms with van der Waals surface area (Å²) in [4.78, 5) is 18.7. The summed E-state index contributed by atoms with van der Waals surface area (Å²) in [6, 6.07) is 21.0. The van der Waals surface area contributed by atoms with Gasteiger partial charge < -0.3 is 4.90 Å². The smallest absolute Gasteiger partial charge is 0.242 e. The van der Waals surface area contributed by atoms with Crippen molar-refractivity contribution >= 4 is 24.0 Å². The van der Waals surface area contributed by atoms with Crippen LogP contribution in [0.3, 0.4) is 0 Å². The van der Waals surface area contributed by atoms with Crippen molar-refractivity contribution in [3.05, 3.63) is 71.8 Å². The predicted octanol–water partition coefficient (Wildman–Crippen LogP) is 4.99. The van der Waals surface area contributed by atoms with Gasteiger partial charge in [0.15, 0.2) is 0 Å². The van der Waals surface area contributed by atoms with Gasteiger partial charge in [0, 0.05) is 19.2 Å². The van der Waals surface area contributed by atoms with Crippen LogP contribution >= 0.6 is 12.4 Å². The number of rotatable bonds is 7. The molecule has 1 unspecified atom stereocenters. The summed E-state index contributed by atoms with van der Waals surface area (Å²) in [5, 5.41) is 0. The van der Waals surface area contributed by atoms with Gasteiger partial charge in [-0.15, -0.1) is 12.4 Å². The van der Waals surface area contributed by atoms with E-state index in [4.69, 9.17) is 0 Å². The Morgan fingerprint density at radius 3 is 1.78 bits per heavy atom. The van der Waals surface area contributed by atoms with E-state index < -0.39 is 5.41 Å². The molecule has 0 fully saturated rings. The van der Waals surface area contributed by atoms with Crippen molar-refractivity contribution in [2.24, 2.45) is 10.9 Å². The Hall–Kier alpha value is -1.97. The lowest BCUT2D eigenvalue weighted by molar-refractivity contribution is -0.115. The van der Waals surface area contributed by atoms with Crippen LogP contribution < -0.4 is 0 Å². The number of carbonyl (C=O) groups excluding carboxylic acids is 1. The molecule has 2 rings (SSSR count). The molecule has 0 aliphatic rings. The van der Waals surface area contributed by atoms with Crippen LogP contribution in [0.5, 0.6) is 0 Å². The molecule has 0 N–H and O–H groups in total. The summed E-state index contributed by atoms with van der Waals surface area (Å²) >= 11 is 0. The van der Waals surface area contributed by atoms with Crippen molar-refractivity contribution in [3.8, 4) is 0 Å². The molecule has 0 radical (unpaired) electrons. The Morgan fingerprint density at radius 2 is 1.44 bits per heavy atom. The normalized spacial score (nSPS) is 13.2. The Balaban J connectivity index is 0.00000364. The van der Waals surface area contributed by atoms with E-state index in [1.807, 2.05) is 12.1 Å². The fourth-order valence-electron chi connectivity index (χ4n) is 4.08. The average molecular weight is 387 g/mol. The number of aliphatic imine (C=N–C) groups is 1. The van der Waals surface area contributed by atoms with Gasteiger partial charge in [0.05, 0.1) is 5.41 Å². The van der Waals surface area contributed by atoms with Gasteiger partial charge in [-0.3, -0.25) is 4.79 Å². The zero-order valence-corrected chi connectivity index (χ0v) is 17.8. The van der Waals surface area contributed by atoms with Crippen LogP contribution in [0.4, 0.5) is 0 Å². The topological polar surface area (TPSA) is 32.7 Å². The molecule has 2 aromatic carbocycles. The Bertz CT molecular complexity index is 702. The van der Waals surface area contributed by atoms with Gasteiger partial charge in [-0.2, -0.15) is 0 Å².